The highest BCUT2D eigenvalue weighted by atomic mass is 16.3. The van der Waals surface area contributed by atoms with Crippen LogP contribution in [0.1, 0.15) is 5.76 Å². The lowest BCUT2D eigenvalue weighted by atomic mass is 10.2. The van der Waals surface area contributed by atoms with Crippen LogP contribution in [0.5, 0.6) is 0 Å². The molecule has 1 rings (SSSR count). The molecule has 0 aliphatic heterocycles. The molecular weight excluding hydrogens is 166 g/mol. The first-order chi connectivity index (χ1) is 6.33. The molecular formula is C10H13NO2. The highest BCUT2D eigenvalue weighted by Gasteiger charge is 2.03. The third kappa shape index (κ3) is 3.71. The fraction of sp³-hybridized carbons (Fsp3) is 0.300. The Labute approximate surface area is 77.4 Å². The third-order valence-electron chi connectivity index (χ3n) is 1.56. The van der Waals surface area contributed by atoms with E-state index in [1.54, 1.807) is 24.5 Å². The molecule has 70 valence electrons. The molecule has 0 aliphatic rings. The van der Waals surface area contributed by atoms with Gasteiger partial charge >= 0.3 is 0 Å². The summed E-state index contributed by atoms with van der Waals surface area (Å²) in [5, 5.41) is 2.94. The summed E-state index contributed by atoms with van der Waals surface area (Å²) in [6, 6.07) is 3.57. The summed E-state index contributed by atoms with van der Waals surface area (Å²) in [5.41, 5.74) is 0. The van der Waals surface area contributed by atoms with E-state index in [1.165, 1.54) is 0 Å². The molecule has 0 radical (unpaired) electrons. The zero-order chi connectivity index (χ0) is 9.52. The monoisotopic (exact) mass is 179 g/mol. The van der Waals surface area contributed by atoms with Crippen LogP contribution in [0.15, 0.2) is 35.5 Å². The smallest absolute Gasteiger partial charge is 0.154 e. The van der Waals surface area contributed by atoms with Gasteiger partial charge in [-0.25, -0.2) is 0 Å². The van der Waals surface area contributed by atoms with Crippen molar-refractivity contribution in [3.63, 3.8) is 0 Å². The summed E-state index contributed by atoms with van der Waals surface area (Å²) >= 11 is 0. The van der Waals surface area contributed by atoms with Crippen LogP contribution in [-0.2, 0) is 11.2 Å². The number of hydrogen-bond donors (Lipinski definition) is 1. The first-order valence-electron chi connectivity index (χ1n) is 4.18. The predicted octanol–water partition coefficient (Wildman–Crippen LogP) is 1.17. The van der Waals surface area contributed by atoms with Crippen LogP contribution < -0.4 is 5.32 Å². The maximum atomic E-state index is 11.2. The van der Waals surface area contributed by atoms with Gasteiger partial charge < -0.3 is 9.73 Å². The zero-order valence-electron chi connectivity index (χ0n) is 7.45. The van der Waals surface area contributed by atoms with Crippen molar-refractivity contribution in [1.82, 2.24) is 5.32 Å². The quantitative estimate of drug-likeness (QED) is 0.526. The SMILES string of the molecule is C=CCNCC(=O)Cc1ccco1. The van der Waals surface area contributed by atoms with Crippen LogP contribution in [-0.4, -0.2) is 18.9 Å². The number of carbonyl (C=O) groups excluding carboxylic acids is 1. The average Bonchev–Trinajstić information content (AvgIpc) is 2.57. The van der Waals surface area contributed by atoms with Crippen LogP contribution in [0.2, 0.25) is 0 Å². The van der Waals surface area contributed by atoms with Crippen molar-refractivity contribution in [2.24, 2.45) is 0 Å². The first-order valence-corrected chi connectivity index (χ1v) is 4.18. The molecule has 0 bridgehead atoms. The summed E-state index contributed by atoms with van der Waals surface area (Å²) in [6.07, 6.45) is 3.65. The largest absolute Gasteiger partial charge is 0.469 e. The van der Waals surface area contributed by atoms with Gasteiger partial charge in [-0.15, -0.1) is 6.58 Å². The number of carbonyl (C=O) groups is 1. The molecule has 1 heterocycles. The van der Waals surface area contributed by atoms with Crippen LogP contribution in [0, 0.1) is 0 Å². The molecule has 3 heteroatoms. The minimum absolute atomic E-state index is 0.122. The van der Waals surface area contributed by atoms with Gasteiger partial charge in [0.15, 0.2) is 5.78 Å². The highest BCUT2D eigenvalue weighted by Crippen LogP contribution is 2.00. The molecule has 1 N–H and O–H groups in total. The Balaban J connectivity index is 2.22. The Morgan fingerprint density at radius 3 is 3.15 bits per heavy atom. The minimum atomic E-state index is 0.122. The molecule has 0 unspecified atom stereocenters. The molecule has 0 saturated heterocycles. The van der Waals surface area contributed by atoms with E-state index >= 15 is 0 Å². The first kappa shape index (κ1) is 9.74. The average molecular weight is 179 g/mol. The van der Waals surface area contributed by atoms with Gasteiger partial charge in [-0.3, -0.25) is 4.79 Å². The number of Topliss-reactive ketones (excluding diaryl/α,β-unsaturated/α-hetero) is 1. The maximum absolute atomic E-state index is 11.2. The van der Waals surface area contributed by atoms with E-state index < -0.39 is 0 Å². The second-order valence-electron chi connectivity index (χ2n) is 2.71. The van der Waals surface area contributed by atoms with Crippen molar-refractivity contribution >= 4 is 5.78 Å². The van der Waals surface area contributed by atoms with Crippen molar-refractivity contribution < 1.29 is 9.21 Å². The molecule has 3 nitrogen and oxygen atoms in total. The third-order valence-corrected chi connectivity index (χ3v) is 1.56. The standard InChI is InChI=1S/C10H13NO2/c1-2-5-11-8-9(12)7-10-4-3-6-13-10/h2-4,6,11H,1,5,7-8H2. The van der Waals surface area contributed by atoms with Gasteiger partial charge in [0.25, 0.3) is 0 Å². The molecule has 0 saturated carbocycles. The normalized spacial score (nSPS) is 9.85. The van der Waals surface area contributed by atoms with E-state index in [-0.39, 0.29) is 5.78 Å². The predicted molar refractivity (Wildman–Crippen MR) is 50.5 cm³/mol. The summed E-state index contributed by atoms with van der Waals surface area (Å²) in [5.74, 6) is 0.835. The van der Waals surface area contributed by atoms with Crippen LogP contribution in [0.3, 0.4) is 0 Å². The fourth-order valence-electron chi connectivity index (χ4n) is 0.984. The zero-order valence-corrected chi connectivity index (χ0v) is 7.45. The summed E-state index contributed by atoms with van der Waals surface area (Å²) < 4.78 is 5.04. The summed E-state index contributed by atoms with van der Waals surface area (Å²) in [6.45, 7) is 4.57. The maximum Gasteiger partial charge on any atom is 0.154 e. The van der Waals surface area contributed by atoms with Crippen molar-refractivity contribution in [3.8, 4) is 0 Å². The minimum Gasteiger partial charge on any atom is -0.469 e. The number of ketones is 1. The van der Waals surface area contributed by atoms with Gasteiger partial charge in [0.2, 0.25) is 0 Å². The summed E-state index contributed by atoms with van der Waals surface area (Å²) in [7, 11) is 0. The second-order valence-corrected chi connectivity index (χ2v) is 2.71. The lowest BCUT2D eigenvalue weighted by molar-refractivity contribution is -0.117. The van der Waals surface area contributed by atoms with E-state index in [0.29, 0.717) is 25.3 Å². The van der Waals surface area contributed by atoms with Crippen molar-refractivity contribution in [2.75, 3.05) is 13.1 Å². The Morgan fingerprint density at radius 1 is 1.69 bits per heavy atom. The van der Waals surface area contributed by atoms with E-state index in [9.17, 15) is 4.79 Å². The number of furan rings is 1. The van der Waals surface area contributed by atoms with E-state index in [2.05, 4.69) is 11.9 Å². The van der Waals surface area contributed by atoms with Crippen molar-refractivity contribution in [1.29, 1.82) is 0 Å². The van der Waals surface area contributed by atoms with Crippen molar-refractivity contribution in [3.05, 3.63) is 36.8 Å². The topological polar surface area (TPSA) is 42.2 Å². The molecule has 0 atom stereocenters. The Hall–Kier alpha value is -1.35. The molecule has 1 aromatic rings. The van der Waals surface area contributed by atoms with E-state index in [4.69, 9.17) is 4.42 Å². The van der Waals surface area contributed by atoms with Crippen LogP contribution in [0.4, 0.5) is 0 Å². The highest BCUT2D eigenvalue weighted by molar-refractivity contribution is 5.82. The molecule has 13 heavy (non-hydrogen) atoms. The number of nitrogens with one attached hydrogen (secondary N) is 1. The van der Waals surface area contributed by atoms with Gasteiger partial charge in [-0.1, -0.05) is 6.08 Å². The number of rotatable bonds is 6. The van der Waals surface area contributed by atoms with Gasteiger partial charge in [-0.2, -0.15) is 0 Å². The summed E-state index contributed by atoms with van der Waals surface area (Å²) in [4.78, 5) is 11.2. The lowest BCUT2D eigenvalue weighted by Gasteiger charge is -1.98. The Kier molecular flexibility index (Phi) is 3.99. The van der Waals surface area contributed by atoms with Gasteiger partial charge in [-0.05, 0) is 12.1 Å². The van der Waals surface area contributed by atoms with Gasteiger partial charge in [0.05, 0.1) is 19.2 Å². The van der Waals surface area contributed by atoms with Crippen LogP contribution in [0.25, 0.3) is 0 Å². The van der Waals surface area contributed by atoms with Crippen molar-refractivity contribution in [2.45, 2.75) is 6.42 Å². The lowest BCUT2D eigenvalue weighted by Crippen LogP contribution is -2.23. The molecule has 1 aromatic heterocycles. The van der Waals surface area contributed by atoms with Gasteiger partial charge in [0, 0.05) is 6.54 Å². The molecule has 0 amide bonds. The Morgan fingerprint density at radius 2 is 2.54 bits per heavy atom. The van der Waals surface area contributed by atoms with Gasteiger partial charge in [0.1, 0.15) is 5.76 Å². The second kappa shape index (κ2) is 5.32. The van der Waals surface area contributed by atoms with Crippen LogP contribution >= 0.6 is 0 Å². The molecule has 0 aromatic carbocycles. The van der Waals surface area contributed by atoms with E-state index in [0.717, 1.165) is 0 Å². The Bertz CT molecular complexity index is 264. The number of hydrogen-bond acceptors (Lipinski definition) is 3. The molecule has 0 aliphatic carbocycles. The molecule has 0 spiro atoms. The van der Waals surface area contributed by atoms with E-state index in [1.807, 2.05) is 0 Å². The molecule has 0 fully saturated rings. The fourth-order valence-corrected chi connectivity index (χ4v) is 0.984.